The van der Waals surface area contributed by atoms with Crippen molar-refractivity contribution in [2.45, 2.75) is 59.4 Å². The Labute approximate surface area is 163 Å². The van der Waals surface area contributed by atoms with Crippen molar-refractivity contribution in [2.75, 3.05) is 11.9 Å². The first-order valence-electron chi connectivity index (χ1n) is 9.58. The highest BCUT2D eigenvalue weighted by atomic mass is 19.4. The summed E-state index contributed by atoms with van der Waals surface area (Å²) in [6, 6.07) is 4.72. The van der Waals surface area contributed by atoms with E-state index in [-0.39, 0.29) is 11.6 Å². The molecule has 5 nitrogen and oxygen atoms in total. The third-order valence-corrected chi connectivity index (χ3v) is 4.59. The number of hydrogen-bond acceptors (Lipinski definition) is 4. The third-order valence-electron chi connectivity index (χ3n) is 4.59. The monoisotopic (exact) mass is 396 g/mol. The molecule has 2 N–H and O–H groups in total. The molecule has 1 unspecified atom stereocenters. The molecule has 1 aliphatic heterocycles. The SMILES string of the molecule is CC.CCn1c(NC(C)c2ccc(C(F)(F)F)cc2)nc2c(c1=O)CNCC2. The van der Waals surface area contributed by atoms with Gasteiger partial charge in [-0.05, 0) is 31.5 Å². The van der Waals surface area contributed by atoms with Crippen LogP contribution in [0.4, 0.5) is 19.1 Å². The standard InChI is InChI=1S/C18H21F3N4O.C2H6/c1-3-25-16(26)14-10-22-9-8-15(14)24-17(25)23-11(2)12-4-6-13(7-5-12)18(19,20)21;1-2/h4-7,11,22H,3,8-10H2,1-2H3,(H,23,24);1-2H3. The second kappa shape index (κ2) is 9.23. The Morgan fingerprint density at radius 1 is 1.25 bits per heavy atom. The molecule has 0 amide bonds. The van der Waals surface area contributed by atoms with Crippen molar-refractivity contribution in [1.29, 1.82) is 0 Å². The maximum atomic E-state index is 12.7. The van der Waals surface area contributed by atoms with Crippen molar-refractivity contribution in [3.8, 4) is 0 Å². The van der Waals surface area contributed by atoms with Gasteiger partial charge in [-0.2, -0.15) is 13.2 Å². The molecule has 2 aromatic rings. The largest absolute Gasteiger partial charge is 0.416 e. The van der Waals surface area contributed by atoms with Crippen LogP contribution in [0.15, 0.2) is 29.1 Å². The van der Waals surface area contributed by atoms with Crippen molar-refractivity contribution in [1.82, 2.24) is 14.9 Å². The predicted octanol–water partition coefficient (Wildman–Crippen LogP) is 4.13. The second-order valence-corrected chi connectivity index (χ2v) is 6.32. The maximum Gasteiger partial charge on any atom is 0.416 e. The van der Waals surface area contributed by atoms with Gasteiger partial charge < -0.3 is 10.6 Å². The van der Waals surface area contributed by atoms with E-state index in [1.165, 1.54) is 12.1 Å². The van der Waals surface area contributed by atoms with Crippen molar-refractivity contribution >= 4 is 5.95 Å². The zero-order valence-corrected chi connectivity index (χ0v) is 16.7. The van der Waals surface area contributed by atoms with E-state index in [9.17, 15) is 18.0 Å². The van der Waals surface area contributed by atoms with Crippen LogP contribution in [0.1, 0.15) is 56.1 Å². The van der Waals surface area contributed by atoms with E-state index in [1.807, 2.05) is 27.7 Å². The van der Waals surface area contributed by atoms with E-state index in [0.717, 1.165) is 24.4 Å². The lowest BCUT2D eigenvalue weighted by Crippen LogP contribution is -2.36. The van der Waals surface area contributed by atoms with Crippen molar-refractivity contribution in [2.24, 2.45) is 0 Å². The Kier molecular flexibility index (Phi) is 7.23. The summed E-state index contributed by atoms with van der Waals surface area (Å²) in [6.07, 6.45) is -3.68. The molecule has 1 aliphatic rings. The van der Waals surface area contributed by atoms with Gasteiger partial charge in [-0.25, -0.2) is 4.98 Å². The van der Waals surface area contributed by atoms with Crippen molar-refractivity contribution < 1.29 is 13.2 Å². The fraction of sp³-hybridized carbons (Fsp3) is 0.500. The number of nitrogens with one attached hydrogen (secondary N) is 2. The minimum atomic E-state index is -4.36. The molecule has 1 atom stereocenters. The smallest absolute Gasteiger partial charge is 0.349 e. The molecule has 0 saturated carbocycles. The lowest BCUT2D eigenvalue weighted by molar-refractivity contribution is -0.137. The van der Waals surface area contributed by atoms with Crippen LogP contribution in [-0.4, -0.2) is 16.1 Å². The van der Waals surface area contributed by atoms with Gasteiger partial charge in [0.15, 0.2) is 0 Å². The fourth-order valence-corrected chi connectivity index (χ4v) is 3.08. The molecule has 0 spiro atoms. The first-order valence-corrected chi connectivity index (χ1v) is 9.58. The van der Waals surface area contributed by atoms with E-state index in [2.05, 4.69) is 15.6 Å². The summed E-state index contributed by atoms with van der Waals surface area (Å²) >= 11 is 0. The van der Waals surface area contributed by atoms with Gasteiger partial charge in [-0.1, -0.05) is 26.0 Å². The number of aromatic nitrogens is 2. The van der Waals surface area contributed by atoms with E-state index < -0.39 is 11.7 Å². The molecule has 3 rings (SSSR count). The molecule has 1 aromatic carbocycles. The van der Waals surface area contributed by atoms with Gasteiger partial charge in [0.25, 0.3) is 5.56 Å². The number of alkyl halides is 3. The van der Waals surface area contributed by atoms with Gasteiger partial charge in [-0.3, -0.25) is 9.36 Å². The molecular formula is C20H27F3N4O. The summed E-state index contributed by atoms with van der Waals surface area (Å²) in [7, 11) is 0. The Hall–Kier alpha value is -2.35. The minimum absolute atomic E-state index is 0.0770. The molecular weight excluding hydrogens is 369 g/mol. The molecule has 1 aromatic heterocycles. The van der Waals surface area contributed by atoms with Gasteiger partial charge in [0.1, 0.15) is 0 Å². The molecule has 0 fully saturated rings. The number of nitrogens with zero attached hydrogens (tertiary/aromatic N) is 2. The Balaban J connectivity index is 0.00000136. The molecule has 28 heavy (non-hydrogen) atoms. The van der Waals surface area contributed by atoms with Gasteiger partial charge >= 0.3 is 6.18 Å². The minimum Gasteiger partial charge on any atom is -0.349 e. The first-order chi connectivity index (χ1) is 13.3. The molecule has 0 aliphatic carbocycles. The number of anilines is 1. The van der Waals surface area contributed by atoms with Crippen LogP contribution < -0.4 is 16.2 Å². The summed E-state index contributed by atoms with van der Waals surface area (Å²) in [5.41, 5.74) is 1.39. The third kappa shape index (κ3) is 4.73. The summed E-state index contributed by atoms with van der Waals surface area (Å²) in [5, 5.41) is 6.35. The maximum absolute atomic E-state index is 12.7. The number of fused-ring (bicyclic) bond motifs is 1. The Morgan fingerprint density at radius 2 is 1.89 bits per heavy atom. The van der Waals surface area contributed by atoms with E-state index in [0.29, 0.717) is 36.6 Å². The fourth-order valence-electron chi connectivity index (χ4n) is 3.08. The van der Waals surface area contributed by atoms with Crippen LogP contribution in [0.2, 0.25) is 0 Å². The molecule has 0 bridgehead atoms. The van der Waals surface area contributed by atoms with Crippen LogP contribution in [0.5, 0.6) is 0 Å². The average Bonchev–Trinajstić information content (AvgIpc) is 2.69. The number of halogens is 3. The van der Waals surface area contributed by atoms with Crippen LogP contribution in [0, 0.1) is 0 Å². The Morgan fingerprint density at radius 3 is 2.46 bits per heavy atom. The van der Waals surface area contributed by atoms with Gasteiger partial charge in [0.2, 0.25) is 5.95 Å². The number of rotatable bonds is 4. The van der Waals surface area contributed by atoms with Crippen molar-refractivity contribution in [3.63, 3.8) is 0 Å². The van der Waals surface area contributed by atoms with Gasteiger partial charge in [0, 0.05) is 26.1 Å². The highest BCUT2D eigenvalue weighted by Gasteiger charge is 2.30. The highest BCUT2D eigenvalue weighted by molar-refractivity contribution is 5.37. The average molecular weight is 396 g/mol. The normalized spacial score (nSPS) is 14.5. The van der Waals surface area contributed by atoms with Crippen LogP contribution in [0.25, 0.3) is 0 Å². The molecule has 154 valence electrons. The summed E-state index contributed by atoms with van der Waals surface area (Å²) in [4.78, 5) is 17.3. The van der Waals surface area contributed by atoms with Crippen molar-refractivity contribution in [3.05, 3.63) is 57.0 Å². The van der Waals surface area contributed by atoms with Crippen LogP contribution in [-0.2, 0) is 25.7 Å². The molecule has 2 heterocycles. The van der Waals surface area contributed by atoms with E-state index in [4.69, 9.17) is 0 Å². The van der Waals surface area contributed by atoms with Crippen LogP contribution in [0.3, 0.4) is 0 Å². The summed E-state index contributed by atoms with van der Waals surface area (Å²) in [6.45, 7) is 9.43. The van der Waals surface area contributed by atoms with Gasteiger partial charge in [-0.15, -0.1) is 0 Å². The second-order valence-electron chi connectivity index (χ2n) is 6.32. The number of hydrogen-bond donors (Lipinski definition) is 2. The summed E-state index contributed by atoms with van der Waals surface area (Å²) in [5.74, 6) is 0.450. The lowest BCUT2D eigenvalue weighted by Gasteiger charge is -2.23. The lowest BCUT2D eigenvalue weighted by atomic mass is 10.1. The van der Waals surface area contributed by atoms with E-state index in [1.54, 1.807) is 4.57 Å². The van der Waals surface area contributed by atoms with Crippen LogP contribution >= 0.6 is 0 Å². The topological polar surface area (TPSA) is 59.0 Å². The summed E-state index contributed by atoms with van der Waals surface area (Å²) < 4.78 is 39.7. The molecule has 0 saturated heterocycles. The zero-order chi connectivity index (χ0) is 20.9. The molecule has 8 heteroatoms. The highest BCUT2D eigenvalue weighted by Crippen LogP contribution is 2.30. The van der Waals surface area contributed by atoms with E-state index >= 15 is 0 Å². The molecule has 0 radical (unpaired) electrons. The quantitative estimate of drug-likeness (QED) is 0.816. The predicted molar refractivity (Wildman–Crippen MR) is 104 cm³/mol. The van der Waals surface area contributed by atoms with Gasteiger partial charge in [0.05, 0.1) is 22.9 Å². The Bertz CT molecular complexity index is 844. The first kappa shape index (κ1) is 21.9. The zero-order valence-electron chi connectivity index (χ0n) is 16.7. The number of benzene rings is 1.